The van der Waals surface area contributed by atoms with E-state index >= 15 is 0 Å². The topological polar surface area (TPSA) is 80.2 Å². The molecular formula is C18H26N3O4S+. The number of anilines is 1. The SMILES string of the molecule is C[C@@H]1C(=O)N2CCCc3cc(S(=O)(=O)NCC[NH+]4CCOCC4)cc1c32. The number of nitrogens with zero attached hydrogens (tertiary/aromatic N) is 1. The third-order valence-corrected chi connectivity index (χ3v) is 7.11. The van der Waals surface area contributed by atoms with Crippen molar-refractivity contribution in [3.8, 4) is 0 Å². The summed E-state index contributed by atoms with van der Waals surface area (Å²) in [5.41, 5.74) is 2.78. The van der Waals surface area contributed by atoms with Crippen molar-refractivity contribution in [3.05, 3.63) is 23.3 Å². The molecule has 0 radical (unpaired) electrons. The second-order valence-electron chi connectivity index (χ2n) is 7.35. The number of benzene rings is 1. The highest BCUT2D eigenvalue weighted by atomic mass is 32.2. The molecule has 1 aromatic carbocycles. The molecule has 1 fully saturated rings. The van der Waals surface area contributed by atoms with Crippen LogP contribution >= 0.6 is 0 Å². The van der Waals surface area contributed by atoms with Crippen LogP contribution in [0.25, 0.3) is 0 Å². The van der Waals surface area contributed by atoms with E-state index in [1.165, 1.54) is 4.90 Å². The second kappa shape index (κ2) is 6.92. The molecular weight excluding hydrogens is 354 g/mol. The summed E-state index contributed by atoms with van der Waals surface area (Å²) in [6.45, 7) is 7.06. The van der Waals surface area contributed by atoms with Crippen molar-refractivity contribution in [1.82, 2.24) is 4.72 Å². The number of quaternary nitrogens is 1. The van der Waals surface area contributed by atoms with Crippen LogP contribution in [0.3, 0.4) is 0 Å². The first-order valence-corrected chi connectivity index (χ1v) is 10.8. The van der Waals surface area contributed by atoms with Gasteiger partial charge in [-0.1, -0.05) is 0 Å². The van der Waals surface area contributed by atoms with Crippen molar-refractivity contribution in [3.63, 3.8) is 0 Å². The van der Waals surface area contributed by atoms with Gasteiger partial charge >= 0.3 is 0 Å². The van der Waals surface area contributed by atoms with Gasteiger partial charge in [0.1, 0.15) is 13.1 Å². The predicted molar refractivity (Wildman–Crippen MR) is 97.1 cm³/mol. The highest BCUT2D eigenvalue weighted by Crippen LogP contribution is 2.43. The Labute approximate surface area is 154 Å². The molecule has 0 spiro atoms. The highest BCUT2D eigenvalue weighted by Gasteiger charge is 2.38. The molecule has 3 aliphatic heterocycles. The highest BCUT2D eigenvalue weighted by molar-refractivity contribution is 7.89. The van der Waals surface area contributed by atoms with Crippen molar-refractivity contribution in [2.45, 2.75) is 30.6 Å². The molecule has 8 heteroatoms. The summed E-state index contributed by atoms with van der Waals surface area (Å²) in [5.74, 6) is -0.186. The van der Waals surface area contributed by atoms with Crippen molar-refractivity contribution < 1.29 is 22.8 Å². The van der Waals surface area contributed by atoms with Crippen molar-refractivity contribution >= 4 is 21.6 Å². The van der Waals surface area contributed by atoms with E-state index in [9.17, 15) is 13.2 Å². The van der Waals surface area contributed by atoms with Crippen molar-refractivity contribution in [2.75, 3.05) is 50.8 Å². The number of carbonyl (C=O) groups is 1. The Morgan fingerprint density at radius 2 is 2.08 bits per heavy atom. The molecule has 4 rings (SSSR count). The average molecular weight is 380 g/mol. The molecule has 3 heterocycles. The Hall–Kier alpha value is -1.48. The van der Waals surface area contributed by atoms with Gasteiger partial charge in [-0.2, -0.15) is 0 Å². The van der Waals surface area contributed by atoms with Crippen LogP contribution in [0.2, 0.25) is 0 Å². The van der Waals surface area contributed by atoms with Crippen LogP contribution in [0.5, 0.6) is 0 Å². The number of nitrogens with one attached hydrogen (secondary N) is 2. The molecule has 0 bridgehead atoms. The number of rotatable bonds is 5. The molecule has 1 aromatic rings. The van der Waals surface area contributed by atoms with E-state index in [1.807, 2.05) is 11.8 Å². The van der Waals surface area contributed by atoms with Gasteiger partial charge in [-0.25, -0.2) is 13.1 Å². The predicted octanol–water partition coefficient (Wildman–Crippen LogP) is -0.724. The van der Waals surface area contributed by atoms with Gasteiger partial charge in [-0.3, -0.25) is 4.79 Å². The van der Waals surface area contributed by atoms with Gasteiger partial charge in [0.05, 0.1) is 42.8 Å². The Bertz CT molecular complexity index is 818. The fourth-order valence-electron chi connectivity index (χ4n) is 4.18. The first-order valence-electron chi connectivity index (χ1n) is 9.36. The lowest BCUT2D eigenvalue weighted by Gasteiger charge is -2.26. The summed E-state index contributed by atoms with van der Waals surface area (Å²) in [7, 11) is -3.57. The minimum absolute atomic E-state index is 0.0828. The summed E-state index contributed by atoms with van der Waals surface area (Å²) in [4.78, 5) is 15.9. The zero-order valence-corrected chi connectivity index (χ0v) is 15.9. The number of aryl methyl sites for hydroxylation is 1. The molecule has 1 saturated heterocycles. The molecule has 7 nitrogen and oxygen atoms in total. The largest absolute Gasteiger partial charge is 0.370 e. The molecule has 0 saturated carbocycles. The minimum atomic E-state index is -3.57. The van der Waals surface area contributed by atoms with Crippen molar-refractivity contribution in [2.24, 2.45) is 0 Å². The van der Waals surface area contributed by atoms with Crippen LogP contribution in [0.15, 0.2) is 17.0 Å². The van der Waals surface area contributed by atoms with Crippen LogP contribution in [0, 0.1) is 0 Å². The number of carbonyl (C=O) groups excluding carboxylic acids is 1. The maximum atomic E-state index is 12.8. The zero-order chi connectivity index (χ0) is 18.3. The third kappa shape index (κ3) is 3.15. The normalized spacial score (nSPS) is 23.3. The van der Waals surface area contributed by atoms with Crippen LogP contribution in [0.1, 0.15) is 30.4 Å². The first-order chi connectivity index (χ1) is 12.5. The summed E-state index contributed by atoms with van der Waals surface area (Å²) in [6.07, 6.45) is 1.70. The molecule has 0 aliphatic carbocycles. The average Bonchev–Trinajstić information content (AvgIpc) is 2.89. The summed E-state index contributed by atoms with van der Waals surface area (Å²) in [5, 5.41) is 0. The van der Waals surface area contributed by atoms with E-state index in [0.29, 0.717) is 6.54 Å². The maximum Gasteiger partial charge on any atom is 0.240 e. The lowest BCUT2D eigenvalue weighted by atomic mass is 9.97. The lowest BCUT2D eigenvalue weighted by molar-refractivity contribution is -0.906. The van der Waals surface area contributed by atoms with Gasteiger partial charge < -0.3 is 14.5 Å². The van der Waals surface area contributed by atoms with Gasteiger partial charge in [0.2, 0.25) is 15.9 Å². The molecule has 3 aliphatic rings. The van der Waals surface area contributed by atoms with Gasteiger partial charge in [-0.15, -0.1) is 0 Å². The fraction of sp³-hybridized carbons (Fsp3) is 0.611. The number of hydrogen-bond acceptors (Lipinski definition) is 4. The van der Waals surface area contributed by atoms with Crippen LogP contribution < -0.4 is 14.5 Å². The molecule has 26 heavy (non-hydrogen) atoms. The Morgan fingerprint density at radius 3 is 2.85 bits per heavy atom. The lowest BCUT2D eigenvalue weighted by Crippen LogP contribution is -3.14. The van der Waals surface area contributed by atoms with E-state index in [0.717, 1.165) is 69.0 Å². The second-order valence-corrected chi connectivity index (χ2v) is 9.11. The van der Waals surface area contributed by atoms with Gasteiger partial charge in [0.25, 0.3) is 0 Å². The Morgan fingerprint density at radius 1 is 1.31 bits per heavy atom. The number of ether oxygens (including phenoxy) is 1. The fourth-order valence-corrected chi connectivity index (χ4v) is 5.29. The van der Waals surface area contributed by atoms with Crippen molar-refractivity contribution in [1.29, 1.82) is 0 Å². The molecule has 142 valence electrons. The van der Waals surface area contributed by atoms with Gasteiger partial charge in [0, 0.05) is 6.54 Å². The maximum absolute atomic E-state index is 12.8. The molecule has 0 aromatic heterocycles. The van der Waals surface area contributed by atoms with Gasteiger partial charge in [-0.05, 0) is 43.0 Å². The van der Waals surface area contributed by atoms with Crippen LogP contribution in [-0.2, 0) is 26.0 Å². The number of sulfonamides is 1. The Balaban J connectivity index is 1.53. The smallest absolute Gasteiger partial charge is 0.240 e. The standard InChI is InChI=1S/C18H25N3O4S/c1-13-16-12-15(11-14-3-2-5-21(17(14)16)18(13)22)26(23,24)19-4-6-20-7-9-25-10-8-20/h11-13,19H,2-10H2,1H3/p+1/t13-/m0/s1. The minimum Gasteiger partial charge on any atom is -0.370 e. The van der Waals surface area contributed by atoms with Gasteiger partial charge in [0.15, 0.2) is 0 Å². The van der Waals surface area contributed by atoms with E-state index < -0.39 is 10.0 Å². The first kappa shape index (κ1) is 17.9. The Kier molecular flexibility index (Phi) is 4.77. The quantitative estimate of drug-likeness (QED) is 0.706. The van der Waals surface area contributed by atoms with E-state index in [2.05, 4.69) is 4.72 Å². The summed E-state index contributed by atoms with van der Waals surface area (Å²) >= 11 is 0. The molecule has 0 unspecified atom stereocenters. The zero-order valence-electron chi connectivity index (χ0n) is 15.1. The van der Waals surface area contributed by atoms with E-state index in [4.69, 9.17) is 4.74 Å². The summed E-state index contributed by atoms with van der Waals surface area (Å²) < 4.78 is 33.6. The molecule has 1 amide bonds. The number of amides is 1. The van der Waals surface area contributed by atoms with Crippen LogP contribution in [-0.4, -0.2) is 60.3 Å². The number of hydrogen-bond donors (Lipinski definition) is 2. The van der Waals surface area contributed by atoms with Crippen LogP contribution in [0.4, 0.5) is 5.69 Å². The molecule has 1 atom stereocenters. The van der Waals surface area contributed by atoms with E-state index in [-0.39, 0.29) is 16.7 Å². The summed E-state index contributed by atoms with van der Waals surface area (Å²) in [6, 6.07) is 3.44. The third-order valence-electron chi connectivity index (χ3n) is 5.67. The number of morpholine rings is 1. The van der Waals surface area contributed by atoms with E-state index in [1.54, 1.807) is 12.1 Å². The monoisotopic (exact) mass is 380 g/mol. The molecule has 2 N–H and O–H groups in total.